The maximum atomic E-state index is 11.4. The molecular formula is C15H28N6O2S. The topological polar surface area (TPSA) is 91.6 Å². The van der Waals surface area contributed by atoms with Crippen molar-refractivity contribution in [1.29, 1.82) is 0 Å². The van der Waals surface area contributed by atoms with Crippen LogP contribution in [0, 0.1) is 0 Å². The molecule has 1 unspecified atom stereocenters. The number of aryl methyl sites for hydroxylation is 1. The largest absolute Gasteiger partial charge is 0.356 e. The van der Waals surface area contributed by atoms with Gasteiger partial charge >= 0.3 is 0 Å². The summed E-state index contributed by atoms with van der Waals surface area (Å²) < 4.78 is 27.1. The number of hydrogen-bond acceptors (Lipinski definition) is 4. The molecule has 1 fully saturated rings. The second kappa shape index (κ2) is 8.48. The van der Waals surface area contributed by atoms with Gasteiger partial charge in [-0.15, -0.1) is 0 Å². The molecule has 2 heterocycles. The lowest BCUT2D eigenvalue weighted by molar-refractivity contribution is 0.484. The predicted molar refractivity (Wildman–Crippen MR) is 95.6 cm³/mol. The normalized spacial score (nSPS) is 19.0. The molecule has 1 aliphatic heterocycles. The van der Waals surface area contributed by atoms with Crippen LogP contribution in [0.1, 0.15) is 31.2 Å². The highest BCUT2D eigenvalue weighted by Crippen LogP contribution is 2.26. The lowest BCUT2D eigenvalue weighted by Gasteiger charge is -2.21. The predicted octanol–water partition coefficient (Wildman–Crippen LogP) is 0.114. The monoisotopic (exact) mass is 356 g/mol. The molecule has 1 aliphatic rings. The van der Waals surface area contributed by atoms with Crippen molar-refractivity contribution >= 4 is 16.0 Å². The summed E-state index contributed by atoms with van der Waals surface area (Å²) in [5.41, 5.74) is 1.27. The van der Waals surface area contributed by atoms with Crippen LogP contribution in [0.2, 0.25) is 0 Å². The molecule has 1 saturated heterocycles. The summed E-state index contributed by atoms with van der Waals surface area (Å²) in [6, 6.07) is 0. The van der Waals surface area contributed by atoms with Gasteiger partial charge in [0.1, 0.15) is 0 Å². The minimum absolute atomic E-state index is 0.117. The van der Waals surface area contributed by atoms with Gasteiger partial charge in [0.2, 0.25) is 10.0 Å². The average Bonchev–Trinajstić information content (AvgIpc) is 3.20. The molecule has 1 aromatic rings. The zero-order valence-corrected chi connectivity index (χ0v) is 15.5. The molecule has 0 aliphatic carbocycles. The maximum Gasteiger partial charge on any atom is 0.211 e. The number of likely N-dealkylation sites (tertiary alicyclic amines) is 1. The molecule has 0 spiro atoms. The Labute approximate surface area is 144 Å². The maximum absolute atomic E-state index is 11.4. The summed E-state index contributed by atoms with van der Waals surface area (Å²) >= 11 is 0. The van der Waals surface area contributed by atoms with Crippen LogP contribution in [0.5, 0.6) is 0 Å². The van der Waals surface area contributed by atoms with Crippen LogP contribution in [-0.2, 0) is 17.1 Å². The first kappa shape index (κ1) is 18.7. The van der Waals surface area contributed by atoms with Crippen molar-refractivity contribution in [3.8, 4) is 0 Å². The summed E-state index contributed by atoms with van der Waals surface area (Å²) in [6.45, 7) is 4.65. The fourth-order valence-electron chi connectivity index (χ4n) is 2.83. The van der Waals surface area contributed by atoms with Crippen LogP contribution in [0.25, 0.3) is 0 Å². The first-order chi connectivity index (χ1) is 11.4. The van der Waals surface area contributed by atoms with Crippen LogP contribution in [0.3, 0.4) is 0 Å². The number of nitrogens with one attached hydrogen (secondary N) is 2. The van der Waals surface area contributed by atoms with Crippen LogP contribution < -0.4 is 10.0 Å². The van der Waals surface area contributed by atoms with Gasteiger partial charge in [0, 0.05) is 52.4 Å². The first-order valence-corrected chi connectivity index (χ1v) is 10.0. The Morgan fingerprint density at radius 3 is 2.88 bits per heavy atom. The average molecular weight is 356 g/mol. The van der Waals surface area contributed by atoms with E-state index in [2.05, 4.69) is 31.2 Å². The Kier molecular flexibility index (Phi) is 6.61. The van der Waals surface area contributed by atoms with E-state index in [0.717, 1.165) is 31.9 Å². The molecular weight excluding hydrogens is 328 g/mol. The molecule has 0 amide bonds. The van der Waals surface area contributed by atoms with Gasteiger partial charge in [0.25, 0.3) is 0 Å². The fraction of sp³-hybridized carbons (Fsp3) is 0.733. The second-order valence-corrected chi connectivity index (χ2v) is 8.10. The third kappa shape index (κ3) is 5.20. The summed E-state index contributed by atoms with van der Waals surface area (Å²) in [5.74, 6) is 1.47. The summed E-state index contributed by atoms with van der Waals surface area (Å²) in [6.07, 6.45) is 5.81. The molecule has 1 atom stereocenters. The van der Waals surface area contributed by atoms with Crippen molar-refractivity contribution in [2.45, 2.75) is 25.7 Å². The number of aliphatic imine (C=N–C) groups is 1. The van der Waals surface area contributed by atoms with Crippen molar-refractivity contribution in [3.05, 3.63) is 18.0 Å². The lowest BCUT2D eigenvalue weighted by Crippen LogP contribution is -2.41. The number of guanidine groups is 1. The number of rotatable bonds is 7. The summed E-state index contributed by atoms with van der Waals surface area (Å²) in [7, 11) is 0.608. The van der Waals surface area contributed by atoms with Crippen molar-refractivity contribution in [2.24, 2.45) is 12.0 Å². The lowest BCUT2D eigenvalue weighted by atomic mass is 10.0. The van der Waals surface area contributed by atoms with Gasteiger partial charge in [-0.25, -0.2) is 13.1 Å². The van der Waals surface area contributed by atoms with Crippen molar-refractivity contribution < 1.29 is 8.42 Å². The van der Waals surface area contributed by atoms with Gasteiger partial charge < -0.3 is 10.2 Å². The van der Waals surface area contributed by atoms with E-state index in [4.69, 9.17) is 0 Å². The molecule has 0 radical (unpaired) electrons. The summed E-state index contributed by atoms with van der Waals surface area (Å²) in [4.78, 5) is 6.58. The van der Waals surface area contributed by atoms with Crippen LogP contribution >= 0.6 is 0 Å². The molecule has 136 valence electrons. The number of aromatic nitrogens is 2. The quantitative estimate of drug-likeness (QED) is 0.411. The van der Waals surface area contributed by atoms with E-state index >= 15 is 0 Å². The molecule has 1 aromatic heterocycles. The van der Waals surface area contributed by atoms with E-state index in [1.807, 2.05) is 17.9 Å². The van der Waals surface area contributed by atoms with Gasteiger partial charge in [-0.2, -0.15) is 5.10 Å². The van der Waals surface area contributed by atoms with E-state index in [1.54, 1.807) is 14.0 Å². The molecule has 0 saturated carbocycles. The van der Waals surface area contributed by atoms with Gasteiger partial charge in [-0.1, -0.05) is 0 Å². The Bertz CT molecular complexity index is 655. The van der Waals surface area contributed by atoms with E-state index in [0.29, 0.717) is 19.0 Å². The molecule has 0 aromatic carbocycles. The standard InChI is InChI=1S/C15H28N6O2S/c1-4-24(22,23)19-8-5-7-17-15(16-2)21-9-6-13(12-21)14-10-18-20(3)11-14/h10-11,13,19H,4-9,12H2,1-3H3,(H,16,17). The smallest absolute Gasteiger partial charge is 0.211 e. The highest BCUT2D eigenvalue weighted by Gasteiger charge is 2.26. The third-order valence-corrected chi connectivity index (χ3v) is 5.64. The number of nitrogens with zero attached hydrogens (tertiary/aromatic N) is 4. The minimum atomic E-state index is -3.10. The fourth-order valence-corrected chi connectivity index (χ4v) is 3.49. The molecule has 24 heavy (non-hydrogen) atoms. The van der Waals surface area contributed by atoms with E-state index in [9.17, 15) is 8.42 Å². The van der Waals surface area contributed by atoms with Gasteiger partial charge in [0.15, 0.2) is 5.96 Å². The van der Waals surface area contributed by atoms with Crippen molar-refractivity contribution in [2.75, 3.05) is 39.0 Å². The van der Waals surface area contributed by atoms with E-state index < -0.39 is 10.0 Å². The Balaban J connectivity index is 1.74. The van der Waals surface area contributed by atoms with Crippen LogP contribution in [0.4, 0.5) is 0 Å². The minimum Gasteiger partial charge on any atom is -0.356 e. The van der Waals surface area contributed by atoms with E-state index in [-0.39, 0.29) is 5.75 Å². The van der Waals surface area contributed by atoms with E-state index in [1.165, 1.54) is 5.56 Å². The zero-order valence-electron chi connectivity index (χ0n) is 14.7. The zero-order chi connectivity index (χ0) is 17.6. The van der Waals surface area contributed by atoms with Gasteiger partial charge in [-0.3, -0.25) is 9.67 Å². The second-order valence-electron chi connectivity index (χ2n) is 6.00. The summed E-state index contributed by atoms with van der Waals surface area (Å²) in [5, 5.41) is 7.56. The van der Waals surface area contributed by atoms with Crippen LogP contribution in [0.15, 0.2) is 17.4 Å². The molecule has 2 rings (SSSR count). The molecule has 8 nitrogen and oxygen atoms in total. The first-order valence-electron chi connectivity index (χ1n) is 8.36. The molecule has 2 N–H and O–H groups in total. The Morgan fingerprint density at radius 2 is 2.25 bits per heavy atom. The third-order valence-electron chi connectivity index (χ3n) is 4.23. The highest BCUT2D eigenvalue weighted by atomic mass is 32.2. The highest BCUT2D eigenvalue weighted by molar-refractivity contribution is 7.89. The van der Waals surface area contributed by atoms with Crippen LogP contribution in [-0.4, -0.2) is 68.0 Å². The SMILES string of the molecule is CCS(=O)(=O)NCCCNC(=NC)N1CCC(c2cnn(C)c2)C1. The van der Waals surface area contributed by atoms with Crippen molar-refractivity contribution in [3.63, 3.8) is 0 Å². The van der Waals surface area contributed by atoms with Crippen molar-refractivity contribution in [1.82, 2.24) is 24.7 Å². The number of hydrogen-bond donors (Lipinski definition) is 2. The molecule has 0 bridgehead atoms. The van der Waals surface area contributed by atoms with Gasteiger partial charge in [-0.05, 0) is 25.3 Å². The Hall–Kier alpha value is -1.61. The number of sulfonamides is 1. The van der Waals surface area contributed by atoms with Gasteiger partial charge in [0.05, 0.1) is 11.9 Å². The Morgan fingerprint density at radius 1 is 1.46 bits per heavy atom. The molecule has 9 heteroatoms.